The zero-order valence-electron chi connectivity index (χ0n) is 7.29. The summed E-state index contributed by atoms with van der Waals surface area (Å²) in [5.74, 6) is 1.80. The molecular formula is C8H12ClN3S. The molecule has 0 unspecified atom stereocenters. The summed E-state index contributed by atoms with van der Waals surface area (Å²) in [6.45, 7) is 0. The molecule has 3 nitrogen and oxygen atoms in total. The number of halogens is 1. The van der Waals surface area contributed by atoms with Crippen LogP contribution in [0.2, 0.25) is 5.28 Å². The van der Waals surface area contributed by atoms with Crippen LogP contribution < -0.4 is 0 Å². The average Bonchev–Trinajstić information content (AvgIpc) is 2.71. The highest BCUT2D eigenvalue weighted by Gasteiger charge is 2.15. The van der Waals surface area contributed by atoms with E-state index in [2.05, 4.69) is 15.2 Å². The highest BCUT2D eigenvalue weighted by atomic mass is 35.5. The third kappa shape index (κ3) is 2.61. The molecule has 0 atom stereocenters. The third-order valence-corrected chi connectivity index (χ3v) is 3.81. The average molecular weight is 218 g/mol. The molecule has 1 N–H and O–H groups in total. The van der Waals surface area contributed by atoms with E-state index in [1.165, 1.54) is 25.7 Å². The van der Waals surface area contributed by atoms with Crippen molar-refractivity contribution in [1.82, 2.24) is 15.2 Å². The van der Waals surface area contributed by atoms with E-state index < -0.39 is 0 Å². The van der Waals surface area contributed by atoms with E-state index in [1.54, 1.807) is 0 Å². The van der Waals surface area contributed by atoms with Gasteiger partial charge in [0.05, 0.1) is 5.75 Å². The predicted molar refractivity (Wildman–Crippen MR) is 54.9 cm³/mol. The molecule has 1 aliphatic carbocycles. The van der Waals surface area contributed by atoms with Gasteiger partial charge in [0.2, 0.25) is 5.28 Å². The van der Waals surface area contributed by atoms with Crippen LogP contribution >= 0.6 is 23.4 Å². The SMILES string of the molecule is Clc1n[nH]c(CSC2CCCC2)n1. The van der Waals surface area contributed by atoms with Crippen molar-refractivity contribution in [1.29, 1.82) is 0 Å². The van der Waals surface area contributed by atoms with Gasteiger partial charge in [-0.3, -0.25) is 5.10 Å². The Morgan fingerprint density at radius 3 is 2.85 bits per heavy atom. The van der Waals surface area contributed by atoms with Gasteiger partial charge in [-0.25, -0.2) is 4.98 Å². The lowest BCUT2D eigenvalue weighted by Gasteiger charge is -2.05. The van der Waals surface area contributed by atoms with Crippen LogP contribution in [-0.2, 0) is 5.75 Å². The van der Waals surface area contributed by atoms with Gasteiger partial charge in [-0.15, -0.1) is 5.10 Å². The van der Waals surface area contributed by atoms with E-state index in [0.717, 1.165) is 16.8 Å². The summed E-state index contributed by atoms with van der Waals surface area (Å²) in [5.41, 5.74) is 0. The molecule has 1 fully saturated rings. The van der Waals surface area contributed by atoms with Crippen LogP contribution in [0.25, 0.3) is 0 Å². The third-order valence-electron chi connectivity index (χ3n) is 2.26. The first kappa shape index (κ1) is 9.34. The normalized spacial score (nSPS) is 18.2. The number of rotatable bonds is 3. The van der Waals surface area contributed by atoms with Gasteiger partial charge in [-0.2, -0.15) is 11.8 Å². The van der Waals surface area contributed by atoms with Gasteiger partial charge in [0, 0.05) is 5.25 Å². The van der Waals surface area contributed by atoms with Crippen molar-refractivity contribution < 1.29 is 0 Å². The summed E-state index contributed by atoms with van der Waals surface area (Å²) >= 11 is 7.55. The molecular weight excluding hydrogens is 206 g/mol. The zero-order chi connectivity index (χ0) is 9.10. The molecule has 0 amide bonds. The van der Waals surface area contributed by atoms with Crippen LogP contribution in [0.4, 0.5) is 0 Å². The number of hydrogen-bond acceptors (Lipinski definition) is 3. The van der Waals surface area contributed by atoms with Crippen molar-refractivity contribution in [2.24, 2.45) is 0 Å². The Labute approximate surface area is 86.7 Å². The number of nitrogens with zero attached hydrogens (tertiary/aromatic N) is 2. The fourth-order valence-electron chi connectivity index (χ4n) is 1.59. The summed E-state index contributed by atoms with van der Waals surface area (Å²) < 4.78 is 0. The number of H-pyrrole nitrogens is 1. The van der Waals surface area contributed by atoms with Crippen LogP contribution in [0.15, 0.2) is 0 Å². The molecule has 0 radical (unpaired) electrons. The van der Waals surface area contributed by atoms with Crippen molar-refractivity contribution >= 4 is 23.4 Å². The Morgan fingerprint density at radius 1 is 1.46 bits per heavy atom. The molecule has 5 heteroatoms. The van der Waals surface area contributed by atoms with E-state index >= 15 is 0 Å². The molecule has 72 valence electrons. The minimum atomic E-state index is 0.321. The second-order valence-corrected chi connectivity index (χ2v) is 4.90. The molecule has 1 saturated carbocycles. The molecule has 1 aromatic rings. The van der Waals surface area contributed by atoms with Gasteiger partial charge in [0.1, 0.15) is 5.82 Å². The number of thioether (sulfide) groups is 1. The Bertz CT molecular complexity index is 270. The van der Waals surface area contributed by atoms with Gasteiger partial charge >= 0.3 is 0 Å². The lowest BCUT2D eigenvalue weighted by Crippen LogP contribution is -1.95. The van der Waals surface area contributed by atoms with Gasteiger partial charge in [0.15, 0.2) is 0 Å². The Kier molecular flexibility index (Phi) is 3.11. The number of nitrogens with one attached hydrogen (secondary N) is 1. The first-order chi connectivity index (χ1) is 6.34. The van der Waals surface area contributed by atoms with Gasteiger partial charge in [-0.1, -0.05) is 12.8 Å². The minimum absolute atomic E-state index is 0.321. The summed E-state index contributed by atoms with van der Waals surface area (Å²) in [6.07, 6.45) is 5.47. The first-order valence-corrected chi connectivity index (χ1v) is 5.95. The van der Waals surface area contributed by atoms with Crippen LogP contribution in [-0.4, -0.2) is 20.4 Å². The standard InChI is InChI=1S/C8H12ClN3S/c9-8-10-7(11-12-8)5-13-6-3-1-2-4-6/h6H,1-5H2,(H,10,11,12). The van der Waals surface area contributed by atoms with E-state index in [1.807, 2.05) is 11.8 Å². The number of aromatic nitrogens is 3. The van der Waals surface area contributed by atoms with Gasteiger partial charge < -0.3 is 0 Å². The topological polar surface area (TPSA) is 41.6 Å². The minimum Gasteiger partial charge on any atom is -0.261 e. The molecule has 1 aliphatic rings. The van der Waals surface area contributed by atoms with E-state index in [-0.39, 0.29) is 0 Å². The van der Waals surface area contributed by atoms with E-state index in [9.17, 15) is 0 Å². The monoisotopic (exact) mass is 217 g/mol. The number of hydrogen-bond donors (Lipinski definition) is 1. The summed E-state index contributed by atoms with van der Waals surface area (Å²) in [7, 11) is 0. The van der Waals surface area contributed by atoms with Crippen molar-refractivity contribution in [2.45, 2.75) is 36.7 Å². The summed E-state index contributed by atoms with van der Waals surface area (Å²) in [4.78, 5) is 4.05. The van der Waals surface area contributed by atoms with Crippen molar-refractivity contribution in [3.63, 3.8) is 0 Å². The lowest BCUT2D eigenvalue weighted by molar-refractivity contribution is 0.886. The second-order valence-electron chi connectivity index (χ2n) is 3.27. The van der Waals surface area contributed by atoms with E-state index in [4.69, 9.17) is 11.6 Å². The number of aromatic amines is 1. The fraction of sp³-hybridized carbons (Fsp3) is 0.750. The molecule has 13 heavy (non-hydrogen) atoms. The zero-order valence-corrected chi connectivity index (χ0v) is 8.87. The first-order valence-electron chi connectivity index (χ1n) is 4.53. The lowest BCUT2D eigenvalue weighted by atomic mass is 10.4. The highest BCUT2D eigenvalue weighted by Crippen LogP contribution is 2.30. The van der Waals surface area contributed by atoms with Crippen molar-refractivity contribution in [3.05, 3.63) is 11.1 Å². The molecule has 0 spiro atoms. The molecule has 2 rings (SSSR count). The van der Waals surface area contributed by atoms with Gasteiger partial charge in [0.25, 0.3) is 0 Å². The maximum atomic E-state index is 5.59. The van der Waals surface area contributed by atoms with Crippen LogP contribution in [0.5, 0.6) is 0 Å². The van der Waals surface area contributed by atoms with Gasteiger partial charge in [-0.05, 0) is 24.4 Å². The molecule has 0 saturated heterocycles. The Balaban J connectivity index is 1.78. The summed E-state index contributed by atoms with van der Waals surface area (Å²) in [6, 6.07) is 0. The maximum absolute atomic E-state index is 5.59. The van der Waals surface area contributed by atoms with E-state index in [0.29, 0.717) is 5.28 Å². The smallest absolute Gasteiger partial charge is 0.242 e. The van der Waals surface area contributed by atoms with Crippen molar-refractivity contribution in [2.75, 3.05) is 0 Å². The van der Waals surface area contributed by atoms with Crippen molar-refractivity contribution in [3.8, 4) is 0 Å². The Hall–Kier alpha value is -0.220. The molecule has 0 bridgehead atoms. The highest BCUT2D eigenvalue weighted by molar-refractivity contribution is 7.99. The summed E-state index contributed by atoms with van der Waals surface area (Å²) in [5, 5.41) is 7.74. The molecule has 1 aromatic heterocycles. The van der Waals surface area contributed by atoms with Crippen LogP contribution in [0.3, 0.4) is 0 Å². The largest absolute Gasteiger partial charge is 0.261 e. The predicted octanol–water partition coefficient (Wildman–Crippen LogP) is 2.63. The van der Waals surface area contributed by atoms with Crippen LogP contribution in [0, 0.1) is 0 Å². The molecule has 0 aromatic carbocycles. The molecule has 0 aliphatic heterocycles. The maximum Gasteiger partial charge on any atom is 0.242 e. The van der Waals surface area contributed by atoms with Crippen LogP contribution in [0.1, 0.15) is 31.5 Å². The quantitative estimate of drug-likeness (QED) is 0.847. The molecule has 1 heterocycles. The fourth-order valence-corrected chi connectivity index (χ4v) is 2.92. The Morgan fingerprint density at radius 2 is 2.23 bits per heavy atom. The second kappa shape index (κ2) is 4.33.